The Hall–Kier alpha value is -1.21. The number of nitrogens with zero attached hydrogens (tertiary/aromatic N) is 3. The molecule has 1 aromatic heterocycles. The summed E-state index contributed by atoms with van der Waals surface area (Å²) >= 11 is 3.30. The van der Waals surface area contributed by atoms with Crippen LogP contribution in [0.1, 0.15) is 6.42 Å². The predicted molar refractivity (Wildman–Crippen MR) is 72.7 cm³/mol. The molecule has 98 valence electrons. The molecule has 1 atom stereocenters. The Morgan fingerprint density at radius 1 is 1.72 bits per heavy atom. The molecular weight excluding hydrogens is 300 g/mol. The van der Waals surface area contributed by atoms with Gasteiger partial charge in [-0.1, -0.05) is 0 Å². The van der Waals surface area contributed by atoms with E-state index in [1.807, 2.05) is 0 Å². The number of nitro groups is 1. The Morgan fingerprint density at radius 3 is 3.06 bits per heavy atom. The summed E-state index contributed by atoms with van der Waals surface area (Å²) < 4.78 is 0.628. The fraction of sp³-hybridized carbons (Fsp3) is 0.545. The Labute approximate surface area is 114 Å². The van der Waals surface area contributed by atoms with Crippen molar-refractivity contribution in [3.05, 3.63) is 26.9 Å². The van der Waals surface area contributed by atoms with Gasteiger partial charge in [-0.15, -0.1) is 0 Å². The van der Waals surface area contributed by atoms with Gasteiger partial charge >= 0.3 is 0 Å². The maximum absolute atomic E-state index is 10.6. The average molecular weight is 315 g/mol. The first kappa shape index (κ1) is 13.2. The third kappa shape index (κ3) is 3.17. The maximum atomic E-state index is 10.6. The van der Waals surface area contributed by atoms with Crippen molar-refractivity contribution in [3.63, 3.8) is 0 Å². The van der Waals surface area contributed by atoms with Crippen LogP contribution in [0, 0.1) is 16.0 Å². The first-order valence-electron chi connectivity index (χ1n) is 5.78. The number of hydrogen-bond donors (Lipinski definition) is 1. The highest BCUT2D eigenvalue weighted by molar-refractivity contribution is 9.10. The number of pyridine rings is 1. The van der Waals surface area contributed by atoms with Crippen LogP contribution in [0.15, 0.2) is 16.7 Å². The second kappa shape index (κ2) is 5.62. The van der Waals surface area contributed by atoms with E-state index in [0.29, 0.717) is 16.2 Å². The van der Waals surface area contributed by atoms with Gasteiger partial charge in [-0.2, -0.15) is 0 Å². The van der Waals surface area contributed by atoms with Gasteiger partial charge in [-0.3, -0.25) is 10.1 Å². The molecule has 1 unspecified atom stereocenters. The van der Waals surface area contributed by atoms with E-state index in [9.17, 15) is 10.1 Å². The van der Waals surface area contributed by atoms with E-state index < -0.39 is 4.92 Å². The van der Waals surface area contributed by atoms with Crippen LogP contribution in [0.2, 0.25) is 0 Å². The third-order valence-corrected chi connectivity index (χ3v) is 3.69. The normalized spacial score (nSPS) is 20.0. The molecule has 1 N–H and O–H groups in total. The molecule has 2 heterocycles. The standard InChI is InChI=1S/C11H15BrN4O2/c1-15-3-2-8(7-15)5-13-11-10(12)4-9(6-14-11)16(17)18/h4,6,8H,2-3,5,7H2,1H3,(H,13,14). The van der Waals surface area contributed by atoms with Crippen molar-refractivity contribution in [1.82, 2.24) is 9.88 Å². The van der Waals surface area contributed by atoms with Crippen LogP contribution in [0.4, 0.5) is 11.5 Å². The summed E-state index contributed by atoms with van der Waals surface area (Å²) in [5.41, 5.74) is -0.00646. The smallest absolute Gasteiger partial charge is 0.288 e. The van der Waals surface area contributed by atoms with Gasteiger partial charge in [-0.25, -0.2) is 4.98 Å². The zero-order valence-corrected chi connectivity index (χ0v) is 11.7. The first-order valence-corrected chi connectivity index (χ1v) is 6.58. The molecule has 0 amide bonds. The minimum Gasteiger partial charge on any atom is -0.369 e. The molecule has 0 spiro atoms. The molecule has 0 radical (unpaired) electrons. The SMILES string of the molecule is CN1CCC(CNc2ncc([N+](=O)[O-])cc2Br)C1. The van der Waals surface area contributed by atoms with Gasteiger partial charge in [0.15, 0.2) is 0 Å². The Kier molecular flexibility index (Phi) is 4.13. The fourth-order valence-corrected chi connectivity index (χ4v) is 2.57. The van der Waals surface area contributed by atoms with Gasteiger partial charge in [-0.05, 0) is 41.9 Å². The van der Waals surface area contributed by atoms with Gasteiger partial charge in [0.05, 0.1) is 9.40 Å². The number of nitrogens with one attached hydrogen (secondary N) is 1. The summed E-state index contributed by atoms with van der Waals surface area (Å²) in [6, 6.07) is 1.47. The molecule has 1 saturated heterocycles. The second-order valence-electron chi connectivity index (χ2n) is 4.58. The van der Waals surface area contributed by atoms with Crippen LogP contribution in [-0.2, 0) is 0 Å². The van der Waals surface area contributed by atoms with Gasteiger partial charge in [0, 0.05) is 19.2 Å². The first-order chi connectivity index (χ1) is 8.56. The Bertz CT molecular complexity index is 455. The number of hydrogen-bond acceptors (Lipinski definition) is 5. The molecule has 1 aromatic rings. The molecule has 18 heavy (non-hydrogen) atoms. The summed E-state index contributed by atoms with van der Waals surface area (Å²) in [5.74, 6) is 1.27. The van der Waals surface area contributed by atoms with Crippen LogP contribution in [-0.4, -0.2) is 41.5 Å². The molecule has 7 heteroatoms. The lowest BCUT2D eigenvalue weighted by atomic mass is 10.1. The van der Waals surface area contributed by atoms with Crippen molar-refractivity contribution in [2.24, 2.45) is 5.92 Å². The van der Waals surface area contributed by atoms with Crippen LogP contribution >= 0.6 is 15.9 Å². The summed E-state index contributed by atoms with van der Waals surface area (Å²) in [6.45, 7) is 3.05. The summed E-state index contributed by atoms with van der Waals surface area (Å²) in [5, 5.41) is 13.8. The molecule has 2 rings (SSSR count). The predicted octanol–water partition coefficient (Wildman–Crippen LogP) is 2.12. The van der Waals surface area contributed by atoms with Crippen molar-refractivity contribution in [2.75, 3.05) is 32.0 Å². The number of halogens is 1. The molecular formula is C11H15BrN4O2. The van der Waals surface area contributed by atoms with Gasteiger partial charge in [0.2, 0.25) is 0 Å². The van der Waals surface area contributed by atoms with E-state index in [-0.39, 0.29) is 5.69 Å². The van der Waals surface area contributed by atoms with Gasteiger partial charge < -0.3 is 10.2 Å². The van der Waals surface area contributed by atoms with Gasteiger partial charge in [0.25, 0.3) is 5.69 Å². The average Bonchev–Trinajstić information content (AvgIpc) is 2.73. The molecule has 0 saturated carbocycles. The zero-order valence-electron chi connectivity index (χ0n) is 10.1. The molecule has 6 nitrogen and oxygen atoms in total. The number of rotatable bonds is 4. The molecule has 1 aliphatic heterocycles. The quantitative estimate of drug-likeness (QED) is 0.681. The minimum absolute atomic E-state index is 0.00646. The van der Waals surface area contributed by atoms with Crippen molar-refractivity contribution < 1.29 is 4.92 Å². The zero-order chi connectivity index (χ0) is 13.1. The van der Waals surface area contributed by atoms with Crippen LogP contribution in [0.3, 0.4) is 0 Å². The van der Waals surface area contributed by atoms with Crippen molar-refractivity contribution in [2.45, 2.75) is 6.42 Å². The largest absolute Gasteiger partial charge is 0.369 e. The molecule has 1 fully saturated rings. The van der Waals surface area contributed by atoms with E-state index in [2.05, 4.69) is 38.2 Å². The highest BCUT2D eigenvalue weighted by Crippen LogP contribution is 2.25. The van der Waals surface area contributed by atoms with E-state index in [4.69, 9.17) is 0 Å². The van der Waals surface area contributed by atoms with E-state index >= 15 is 0 Å². The van der Waals surface area contributed by atoms with Crippen LogP contribution in [0.5, 0.6) is 0 Å². The van der Waals surface area contributed by atoms with E-state index in [0.717, 1.165) is 19.6 Å². The molecule has 0 bridgehead atoms. The summed E-state index contributed by atoms with van der Waals surface area (Å²) in [6.07, 6.45) is 2.45. The fourth-order valence-electron chi connectivity index (χ4n) is 2.09. The maximum Gasteiger partial charge on any atom is 0.288 e. The summed E-state index contributed by atoms with van der Waals surface area (Å²) in [7, 11) is 2.11. The number of aromatic nitrogens is 1. The summed E-state index contributed by atoms with van der Waals surface area (Å²) in [4.78, 5) is 16.5. The van der Waals surface area contributed by atoms with Crippen LogP contribution in [0.25, 0.3) is 0 Å². The van der Waals surface area contributed by atoms with E-state index in [1.165, 1.54) is 18.7 Å². The van der Waals surface area contributed by atoms with Crippen molar-refractivity contribution in [3.8, 4) is 0 Å². The topological polar surface area (TPSA) is 71.3 Å². The second-order valence-corrected chi connectivity index (χ2v) is 5.43. The highest BCUT2D eigenvalue weighted by atomic mass is 79.9. The number of likely N-dealkylation sites (tertiary alicyclic amines) is 1. The van der Waals surface area contributed by atoms with Crippen LogP contribution < -0.4 is 5.32 Å². The Balaban J connectivity index is 1.95. The minimum atomic E-state index is -0.451. The Morgan fingerprint density at radius 2 is 2.50 bits per heavy atom. The lowest BCUT2D eigenvalue weighted by Crippen LogP contribution is -2.19. The van der Waals surface area contributed by atoms with Crippen molar-refractivity contribution >= 4 is 27.4 Å². The van der Waals surface area contributed by atoms with Crippen molar-refractivity contribution in [1.29, 1.82) is 0 Å². The lowest BCUT2D eigenvalue weighted by Gasteiger charge is -2.12. The molecule has 0 aromatic carbocycles. The number of anilines is 1. The monoisotopic (exact) mass is 314 g/mol. The van der Waals surface area contributed by atoms with E-state index in [1.54, 1.807) is 0 Å². The highest BCUT2D eigenvalue weighted by Gasteiger charge is 2.19. The molecule has 0 aliphatic carbocycles. The molecule has 1 aliphatic rings. The van der Waals surface area contributed by atoms with Gasteiger partial charge in [0.1, 0.15) is 12.0 Å². The third-order valence-electron chi connectivity index (χ3n) is 3.08. The lowest BCUT2D eigenvalue weighted by molar-refractivity contribution is -0.385.